The van der Waals surface area contributed by atoms with Crippen molar-refractivity contribution >= 4 is 11.7 Å². The van der Waals surface area contributed by atoms with E-state index in [1.54, 1.807) is 16.5 Å². The average Bonchev–Trinajstić information content (AvgIpc) is 3.03. The highest BCUT2D eigenvalue weighted by Gasteiger charge is 2.28. The van der Waals surface area contributed by atoms with Gasteiger partial charge >= 0.3 is 6.03 Å². The van der Waals surface area contributed by atoms with Crippen molar-refractivity contribution in [2.45, 2.75) is 19.4 Å². The molecule has 1 unspecified atom stereocenters. The van der Waals surface area contributed by atoms with Gasteiger partial charge in [0.25, 0.3) is 5.56 Å². The first-order valence-corrected chi connectivity index (χ1v) is 8.08. The van der Waals surface area contributed by atoms with Gasteiger partial charge in [0.1, 0.15) is 17.7 Å². The Morgan fingerprint density at radius 3 is 2.68 bits per heavy atom. The van der Waals surface area contributed by atoms with Gasteiger partial charge in [0.2, 0.25) is 0 Å². The first kappa shape index (κ1) is 17.0. The number of aryl methyl sites for hydroxylation is 1. The number of nitrogens with zero attached hydrogens (tertiary/aromatic N) is 2. The standard InChI is InChI=1S/C18H20FN3O3/c1-12-9-16(10-17(23)21(12)2)25-15-7-8-22(11-15)18(24)20-14-5-3-13(19)4-6-14/h3-6,9-10,15H,7-8,11H2,1-2H3,(H,20,24). The first-order valence-electron chi connectivity index (χ1n) is 8.08. The highest BCUT2D eigenvalue weighted by Crippen LogP contribution is 2.19. The Labute approximate surface area is 144 Å². The molecule has 0 bridgehead atoms. The highest BCUT2D eigenvalue weighted by molar-refractivity contribution is 5.89. The van der Waals surface area contributed by atoms with Crippen LogP contribution in [-0.4, -0.2) is 34.7 Å². The molecule has 0 spiro atoms. The molecule has 0 radical (unpaired) electrons. The predicted molar refractivity (Wildman–Crippen MR) is 92.4 cm³/mol. The van der Waals surface area contributed by atoms with Gasteiger partial charge in [-0.05, 0) is 37.3 Å². The monoisotopic (exact) mass is 345 g/mol. The second-order valence-corrected chi connectivity index (χ2v) is 6.14. The number of ether oxygens (including phenoxy) is 1. The van der Waals surface area contributed by atoms with Crippen LogP contribution in [0.5, 0.6) is 5.75 Å². The van der Waals surface area contributed by atoms with E-state index in [1.807, 2.05) is 13.0 Å². The van der Waals surface area contributed by atoms with Gasteiger partial charge in [-0.1, -0.05) is 0 Å². The van der Waals surface area contributed by atoms with Crippen LogP contribution in [0.2, 0.25) is 0 Å². The molecule has 3 rings (SSSR count). The van der Waals surface area contributed by atoms with Crippen molar-refractivity contribution in [3.63, 3.8) is 0 Å². The van der Waals surface area contributed by atoms with E-state index in [-0.39, 0.29) is 23.5 Å². The molecular formula is C18H20FN3O3. The number of hydrogen-bond acceptors (Lipinski definition) is 3. The molecule has 2 aromatic rings. The number of carbonyl (C=O) groups is 1. The molecule has 2 amide bonds. The number of benzene rings is 1. The second kappa shape index (κ2) is 6.96. The minimum atomic E-state index is -0.350. The molecule has 1 N–H and O–H groups in total. The van der Waals surface area contributed by atoms with Gasteiger partial charge in [-0.15, -0.1) is 0 Å². The summed E-state index contributed by atoms with van der Waals surface area (Å²) in [5.41, 5.74) is 1.23. The topological polar surface area (TPSA) is 63.6 Å². The largest absolute Gasteiger partial charge is 0.488 e. The fourth-order valence-electron chi connectivity index (χ4n) is 2.74. The number of pyridine rings is 1. The fraction of sp³-hybridized carbons (Fsp3) is 0.333. The van der Waals surface area contributed by atoms with Crippen LogP contribution < -0.4 is 15.6 Å². The average molecular weight is 345 g/mol. The molecule has 0 saturated carbocycles. The molecule has 2 heterocycles. The Bertz CT molecular complexity index is 832. The summed E-state index contributed by atoms with van der Waals surface area (Å²) in [6.07, 6.45) is 0.524. The zero-order chi connectivity index (χ0) is 18.0. The quantitative estimate of drug-likeness (QED) is 0.930. The Balaban J connectivity index is 1.59. The fourth-order valence-corrected chi connectivity index (χ4v) is 2.74. The lowest BCUT2D eigenvalue weighted by molar-refractivity contribution is 0.194. The highest BCUT2D eigenvalue weighted by atomic mass is 19.1. The van der Waals surface area contributed by atoms with E-state index in [9.17, 15) is 14.0 Å². The summed E-state index contributed by atoms with van der Waals surface area (Å²) in [5, 5.41) is 2.73. The van der Waals surface area contributed by atoms with E-state index in [0.29, 0.717) is 30.9 Å². The number of nitrogens with one attached hydrogen (secondary N) is 1. The number of halogens is 1. The SMILES string of the molecule is Cc1cc(OC2CCN(C(=O)Nc3ccc(F)cc3)C2)cc(=O)n1C. The lowest BCUT2D eigenvalue weighted by Gasteiger charge is -2.18. The van der Waals surface area contributed by atoms with E-state index in [0.717, 1.165) is 5.69 Å². The van der Waals surface area contributed by atoms with Crippen molar-refractivity contribution in [2.24, 2.45) is 7.05 Å². The maximum Gasteiger partial charge on any atom is 0.321 e. The van der Waals surface area contributed by atoms with Crippen LogP contribution in [0.4, 0.5) is 14.9 Å². The summed E-state index contributed by atoms with van der Waals surface area (Å²) in [6, 6.07) is 8.63. The summed E-state index contributed by atoms with van der Waals surface area (Å²) in [6.45, 7) is 2.83. The van der Waals surface area contributed by atoms with Crippen LogP contribution in [0, 0.1) is 12.7 Å². The second-order valence-electron chi connectivity index (χ2n) is 6.14. The normalized spacial score (nSPS) is 16.8. The maximum atomic E-state index is 12.9. The van der Waals surface area contributed by atoms with Crippen molar-refractivity contribution in [3.8, 4) is 5.75 Å². The summed E-state index contributed by atoms with van der Waals surface area (Å²) in [4.78, 5) is 25.7. The molecule has 25 heavy (non-hydrogen) atoms. The number of likely N-dealkylation sites (tertiary alicyclic amines) is 1. The lowest BCUT2D eigenvalue weighted by atomic mass is 10.3. The van der Waals surface area contributed by atoms with Crippen molar-refractivity contribution in [1.82, 2.24) is 9.47 Å². The number of carbonyl (C=O) groups excluding carboxylic acids is 1. The van der Waals surface area contributed by atoms with Gasteiger partial charge in [0.15, 0.2) is 0 Å². The van der Waals surface area contributed by atoms with Gasteiger partial charge in [-0.2, -0.15) is 0 Å². The van der Waals surface area contributed by atoms with Crippen molar-refractivity contribution < 1.29 is 13.9 Å². The number of anilines is 1. The Kier molecular flexibility index (Phi) is 4.74. The molecular weight excluding hydrogens is 325 g/mol. The van der Waals surface area contributed by atoms with Gasteiger partial charge in [0, 0.05) is 37.5 Å². The van der Waals surface area contributed by atoms with Crippen LogP contribution in [0.15, 0.2) is 41.2 Å². The van der Waals surface area contributed by atoms with Crippen LogP contribution in [0.3, 0.4) is 0 Å². The van der Waals surface area contributed by atoms with E-state index in [2.05, 4.69) is 5.32 Å². The minimum absolute atomic E-state index is 0.126. The number of hydrogen-bond donors (Lipinski definition) is 1. The van der Waals surface area contributed by atoms with Gasteiger partial charge < -0.3 is 19.5 Å². The van der Waals surface area contributed by atoms with Gasteiger partial charge in [0.05, 0.1) is 6.54 Å². The van der Waals surface area contributed by atoms with Crippen LogP contribution in [0.1, 0.15) is 12.1 Å². The Morgan fingerprint density at radius 1 is 1.28 bits per heavy atom. The van der Waals surface area contributed by atoms with E-state index in [4.69, 9.17) is 4.74 Å². The molecule has 1 atom stereocenters. The summed E-state index contributed by atoms with van der Waals surface area (Å²) >= 11 is 0. The Morgan fingerprint density at radius 2 is 2.00 bits per heavy atom. The van der Waals surface area contributed by atoms with Crippen LogP contribution in [0.25, 0.3) is 0 Å². The summed E-state index contributed by atoms with van der Waals surface area (Å²) < 4.78 is 20.3. The Hall–Kier alpha value is -2.83. The minimum Gasteiger partial charge on any atom is -0.488 e. The van der Waals surface area contributed by atoms with Gasteiger partial charge in [-0.25, -0.2) is 9.18 Å². The molecule has 7 heteroatoms. The summed E-state index contributed by atoms with van der Waals surface area (Å²) in [5.74, 6) is 0.170. The molecule has 132 valence electrons. The van der Waals surface area contributed by atoms with Crippen molar-refractivity contribution in [1.29, 1.82) is 0 Å². The molecule has 0 aliphatic carbocycles. The molecule has 1 fully saturated rings. The van der Waals surface area contributed by atoms with Crippen LogP contribution in [-0.2, 0) is 7.05 Å². The third kappa shape index (κ3) is 3.99. The number of aromatic nitrogens is 1. The number of rotatable bonds is 3. The zero-order valence-corrected chi connectivity index (χ0v) is 14.2. The first-order chi connectivity index (χ1) is 11.9. The number of amides is 2. The predicted octanol–water partition coefficient (Wildman–Crippen LogP) is 2.52. The maximum absolute atomic E-state index is 12.9. The third-order valence-corrected chi connectivity index (χ3v) is 4.31. The molecule has 1 aromatic carbocycles. The number of urea groups is 1. The molecule has 1 aliphatic rings. The summed E-state index contributed by atoms with van der Waals surface area (Å²) in [7, 11) is 1.71. The molecule has 1 aromatic heterocycles. The van der Waals surface area contributed by atoms with E-state index < -0.39 is 0 Å². The molecule has 1 saturated heterocycles. The van der Waals surface area contributed by atoms with E-state index in [1.165, 1.54) is 30.3 Å². The smallest absolute Gasteiger partial charge is 0.321 e. The molecule has 6 nitrogen and oxygen atoms in total. The van der Waals surface area contributed by atoms with Crippen molar-refractivity contribution in [3.05, 3.63) is 58.3 Å². The lowest BCUT2D eigenvalue weighted by Crippen LogP contribution is -2.34. The zero-order valence-electron chi connectivity index (χ0n) is 14.2. The van der Waals surface area contributed by atoms with Gasteiger partial charge in [-0.3, -0.25) is 4.79 Å². The molecule has 1 aliphatic heterocycles. The third-order valence-electron chi connectivity index (χ3n) is 4.31. The van der Waals surface area contributed by atoms with Crippen molar-refractivity contribution in [2.75, 3.05) is 18.4 Å². The van der Waals surface area contributed by atoms with E-state index >= 15 is 0 Å². The van der Waals surface area contributed by atoms with Crippen LogP contribution >= 0.6 is 0 Å².